The second-order valence-corrected chi connectivity index (χ2v) is 6.26. The van der Waals surface area contributed by atoms with Gasteiger partial charge in [-0.25, -0.2) is 4.98 Å². The molecule has 1 aromatic carbocycles. The number of ether oxygens (including phenoxy) is 1. The number of aromatic nitrogens is 2. The van der Waals surface area contributed by atoms with E-state index in [1.165, 1.54) is 5.56 Å². The average Bonchev–Trinajstić information content (AvgIpc) is 2.69. The molecule has 1 aliphatic rings. The summed E-state index contributed by atoms with van der Waals surface area (Å²) in [5, 5.41) is 3.35. The van der Waals surface area contributed by atoms with Gasteiger partial charge in [0, 0.05) is 45.8 Å². The Labute approximate surface area is 154 Å². The molecule has 26 heavy (non-hydrogen) atoms. The van der Waals surface area contributed by atoms with Gasteiger partial charge in [0.15, 0.2) is 0 Å². The number of anilines is 2. The summed E-state index contributed by atoms with van der Waals surface area (Å²) in [5.74, 6) is 2.52. The first-order valence-electron chi connectivity index (χ1n) is 8.86. The number of nitrogens with one attached hydrogen (secondary N) is 1. The maximum Gasteiger partial charge on any atom is 0.227 e. The van der Waals surface area contributed by atoms with E-state index in [-0.39, 0.29) is 5.91 Å². The number of rotatable bonds is 6. The van der Waals surface area contributed by atoms with E-state index in [9.17, 15) is 4.79 Å². The van der Waals surface area contributed by atoms with Crippen LogP contribution in [0, 0.1) is 0 Å². The highest BCUT2D eigenvalue weighted by molar-refractivity contribution is 5.73. The van der Waals surface area contributed by atoms with Crippen molar-refractivity contribution in [2.75, 3.05) is 50.1 Å². The van der Waals surface area contributed by atoms with E-state index < -0.39 is 0 Å². The fourth-order valence-corrected chi connectivity index (χ4v) is 2.95. The van der Waals surface area contributed by atoms with Crippen molar-refractivity contribution >= 4 is 17.7 Å². The van der Waals surface area contributed by atoms with Crippen LogP contribution in [0.1, 0.15) is 12.5 Å². The molecule has 7 nitrogen and oxygen atoms in total. The summed E-state index contributed by atoms with van der Waals surface area (Å²) in [4.78, 5) is 24.4. The third-order valence-electron chi connectivity index (χ3n) is 4.53. The van der Waals surface area contributed by atoms with Crippen LogP contribution in [0.25, 0.3) is 0 Å². The number of hydrogen-bond acceptors (Lipinski definition) is 6. The van der Waals surface area contributed by atoms with E-state index in [2.05, 4.69) is 32.3 Å². The topological polar surface area (TPSA) is 70.6 Å². The molecule has 1 saturated heterocycles. The summed E-state index contributed by atoms with van der Waals surface area (Å²) in [6.45, 7) is 5.35. The Morgan fingerprint density at radius 3 is 2.54 bits per heavy atom. The number of nitrogens with zero attached hydrogens (tertiary/aromatic N) is 4. The van der Waals surface area contributed by atoms with Crippen LogP contribution in [-0.2, 0) is 11.2 Å². The van der Waals surface area contributed by atoms with Gasteiger partial charge in [0.25, 0.3) is 0 Å². The van der Waals surface area contributed by atoms with Crippen LogP contribution < -0.4 is 15.0 Å². The highest BCUT2D eigenvalue weighted by atomic mass is 16.5. The van der Waals surface area contributed by atoms with E-state index in [0.29, 0.717) is 19.0 Å². The van der Waals surface area contributed by atoms with E-state index in [1.54, 1.807) is 20.2 Å². The molecule has 138 valence electrons. The molecule has 0 aliphatic carbocycles. The molecular weight excluding hydrogens is 330 g/mol. The molecule has 1 fully saturated rings. The minimum Gasteiger partial charge on any atom is -0.497 e. The summed E-state index contributed by atoms with van der Waals surface area (Å²) in [5.41, 5.74) is 1.24. The molecule has 1 amide bonds. The van der Waals surface area contributed by atoms with Crippen LogP contribution in [-0.4, -0.2) is 60.6 Å². The lowest BCUT2D eigenvalue weighted by molar-refractivity contribution is -0.129. The van der Waals surface area contributed by atoms with E-state index >= 15 is 0 Å². The lowest BCUT2D eigenvalue weighted by Gasteiger charge is -2.34. The van der Waals surface area contributed by atoms with Crippen molar-refractivity contribution in [1.82, 2.24) is 14.9 Å². The molecule has 0 atom stereocenters. The quantitative estimate of drug-likeness (QED) is 0.852. The van der Waals surface area contributed by atoms with Crippen LogP contribution in [0.2, 0.25) is 0 Å². The van der Waals surface area contributed by atoms with Crippen LogP contribution in [0.3, 0.4) is 0 Å². The van der Waals surface area contributed by atoms with E-state index in [0.717, 1.165) is 37.6 Å². The largest absolute Gasteiger partial charge is 0.497 e. The molecule has 2 aromatic rings. The SMILES string of the molecule is COc1ccc(CCNc2ccnc(N3CCN(C(C)=O)CC3)n2)cc1. The molecule has 0 radical (unpaired) electrons. The first-order chi connectivity index (χ1) is 12.7. The predicted molar refractivity (Wildman–Crippen MR) is 102 cm³/mol. The minimum atomic E-state index is 0.125. The van der Waals surface area contributed by atoms with Crippen molar-refractivity contribution < 1.29 is 9.53 Å². The van der Waals surface area contributed by atoms with Gasteiger partial charge in [-0.15, -0.1) is 0 Å². The summed E-state index contributed by atoms with van der Waals surface area (Å²) in [6, 6.07) is 9.96. The van der Waals surface area contributed by atoms with Gasteiger partial charge in [-0.3, -0.25) is 4.79 Å². The fraction of sp³-hybridized carbons (Fsp3) is 0.421. The number of amides is 1. The summed E-state index contributed by atoms with van der Waals surface area (Å²) >= 11 is 0. The van der Waals surface area contributed by atoms with Gasteiger partial charge in [0.1, 0.15) is 11.6 Å². The number of piperazine rings is 1. The molecule has 7 heteroatoms. The van der Waals surface area contributed by atoms with Gasteiger partial charge in [-0.1, -0.05) is 12.1 Å². The number of methoxy groups -OCH3 is 1. The van der Waals surface area contributed by atoms with Crippen LogP contribution in [0.15, 0.2) is 36.5 Å². The minimum absolute atomic E-state index is 0.125. The Bertz CT molecular complexity index is 727. The number of hydrogen-bond donors (Lipinski definition) is 1. The molecule has 0 spiro atoms. The fourth-order valence-electron chi connectivity index (χ4n) is 2.95. The van der Waals surface area contributed by atoms with E-state index in [4.69, 9.17) is 4.74 Å². The average molecular weight is 355 g/mol. The second kappa shape index (κ2) is 8.51. The van der Waals surface area contributed by atoms with Gasteiger partial charge in [-0.2, -0.15) is 4.98 Å². The summed E-state index contributed by atoms with van der Waals surface area (Å²) in [6.07, 6.45) is 2.68. The van der Waals surface area contributed by atoms with Crippen molar-refractivity contribution in [3.63, 3.8) is 0 Å². The Hall–Kier alpha value is -2.83. The molecule has 0 unspecified atom stereocenters. The zero-order chi connectivity index (χ0) is 18.4. The Kier molecular flexibility index (Phi) is 5.88. The van der Waals surface area contributed by atoms with E-state index in [1.807, 2.05) is 23.1 Å². The van der Waals surface area contributed by atoms with Gasteiger partial charge in [0.2, 0.25) is 11.9 Å². The third kappa shape index (κ3) is 4.62. The number of benzene rings is 1. The summed E-state index contributed by atoms with van der Waals surface area (Å²) < 4.78 is 5.17. The van der Waals surface area contributed by atoms with Crippen LogP contribution >= 0.6 is 0 Å². The second-order valence-electron chi connectivity index (χ2n) is 6.26. The van der Waals surface area contributed by atoms with Gasteiger partial charge >= 0.3 is 0 Å². The Morgan fingerprint density at radius 2 is 1.88 bits per heavy atom. The molecule has 0 saturated carbocycles. The molecule has 0 bridgehead atoms. The lowest BCUT2D eigenvalue weighted by atomic mass is 10.1. The molecule has 1 aliphatic heterocycles. The zero-order valence-electron chi connectivity index (χ0n) is 15.3. The molecule has 3 rings (SSSR count). The van der Waals surface area contributed by atoms with Crippen molar-refractivity contribution in [3.05, 3.63) is 42.1 Å². The van der Waals surface area contributed by atoms with Crippen molar-refractivity contribution in [2.24, 2.45) is 0 Å². The highest BCUT2D eigenvalue weighted by Crippen LogP contribution is 2.15. The highest BCUT2D eigenvalue weighted by Gasteiger charge is 2.20. The van der Waals surface area contributed by atoms with Gasteiger partial charge in [-0.05, 0) is 30.2 Å². The monoisotopic (exact) mass is 355 g/mol. The lowest BCUT2D eigenvalue weighted by Crippen LogP contribution is -2.48. The Morgan fingerprint density at radius 1 is 1.15 bits per heavy atom. The van der Waals surface area contributed by atoms with Crippen molar-refractivity contribution in [1.29, 1.82) is 0 Å². The standard InChI is InChI=1S/C19H25N5O2/c1-15(25)23-11-13-24(14-12-23)19-21-10-8-18(22-19)20-9-7-16-3-5-17(26-2)6-4-16/h3-6,8,10H,7,9,11-14H2,1-2H3,(H,20,21,22). The van der Waals surface area contributed by atoms with Crippen LogP contribution in [0.5, 0.6) is 5.75 Å². The molecule has 2 heterocycles. The molecule has 1 aromatic heterocycles. The normalized spacial score (nSPS) is 14.2. The number of carbonyl (C=O) groups is 1. The van der Waals surface area contributed by atoms with Crippen molar-refractivity contribution in [2.45, 2.75) is 13.3 Å². The maximum absolute atomic E-state index is 11.4. The summed E-state index contributed by atoms with van der Waals surface area (Å²) in [7, 11) is 1.67. The zero-order valence-corrected chi connectivity index (χ0v) is 15.3. The predicted octanol–water partition coefficient (Wildman–Crippen LogP) is 1.81. The van der Waals surface area contributed by atoms with Crippen molar-refractivity contribution in [3.8, 4) is 5.75 Å². The van der Waals surface area contributed by atoms with Gasteiger partial charge in [0.05, 0.1) is 7.11 Å². The van der Waals surface area contributed by atoms with Gasteiger partial charge < -0.3 is 19.9 Å². The van der Waals surface area contributed by atoms with Crippen LogP contribution in [0.4, 0.5) is 11.8 Å². The third-order valence-corrected chi connectivity index (χ3v) is 4.53. The maximum atomic E-state index is 11.4. The first-order valence-corrected chi connectivity index (χ1v) is 8.86. The molecular formula is C19H25N5O2. The molecule has 1 N–H and O–H groups in total. The Balaban J connectivity index is 1.51. The smallest absolute Gasteiger partial charge is 0.227 e. The number of carbonyl (C=O) groups excluding carboxylic acids is 1. The first kappa shape index (κ1) is 18.0.